The minimum atomic E-state index is 0. The number of hydrogen-bond donors (Lipinski definition) is 2. The number of nitrogens with one attached hydrogen (secondary N) is 1. The number of amides is 1. The van der Waals surface area contributed by atoms with Gasteiger partial charge in [0.05, 0.1) is 12.7 Å². The van der Waals surface area contributed by atoms with Crippen molar-refractivity contribution in [3.63, 3.8) is 0 Å². The second-order valence-electron chi connectivity index (χ2n) is 7.14. The van der Waals surface area contributed by atoms with Crippen molar-refractivity contribution < 1.29 is 9.21 Å². The lowest BCUT2D eigenvalue weighted by Crippen LogP contribution is -2.27. The Kier molecular flexibility index (Phi) is 6.92. The zero-order valence-electron chi connectivity index (χ0n) is 16.0. The highest BCUT2D eigenvalue weighted by molar-refractivity contribution is 5.88. The largest absolute Gasteiger partial charge is 0.464 e. The highest BCUT2D eigenvalue weighted by Gasteiger charge is 2.13. The molecule has 3 N–H and O–H groups in total. The summed E-state index contributed by atoms with van der Waals surface area (Å²) in [6, 6.07) is 12.0. The lowest BCUT2D eigenvalue weighted by Gasteiger charge is -2.10. The molecule has 0 aliphatic carbocycles. The maximum Gasteiger partial charge on any atom is 0.224 e. The Labute approximate surface area is 166 Å². The molecule has 144 valence electrons. The smallest absolute Gasteiger partial charge is 0.224 e. The van der Waals surface area contributed by atoms with Crippen LogP contribution in [0.1, 0.15) is 42.0 Å². The Morgan fingerprint density at radius 1 is 1.19 bits per heavy atom. The first-order valence-electron chi connectivity index (χ1n) is 9.05. The normalized spacial score (nSPS) is 10.8. The average Bonchev–Trinajstić information content (AvgIpc) is 2.97. The Balaban J connectivity index is 0.00000261. The first kappa shape index (κ1) is 20.8. The molecule has 0 unspecified atom stereocenters. The average molecular weight is 387 g/mol. The third kappa shape index (κ3) is 5.04. The molecule has 0 aliphatic rings. The number of nitrogen functional groups attached to an aromatic ring is 1. The standard InChI is InChI=1S/C22H26N2O2.ClH/c1-14(2)19-12-20-17(13-26-21(20)10-15(19)3)11-22(25)24-9-8-16-4-6-18(23)7-5-16;/h4-7,10,12-14H,8-9,11,23H2,1-3H3,(H,24,25);1H. The zero-order chi connectivity index (χ0) is 18.7. The van der Waals surface area contributed by atoms with Crippen molar-refractivity contribution in [1.29, 1.82) is 0 Å². The van der Waals surface area contributed by atoms with Crippen LogP contribution < -0.4 is 11.1 Å². The van der Waals surface area contributed by atoms with Crippen LogP contribution in [0.4, 0.5) is 5.69 Å². The van der Waals surface area contributed by atoms with Gasteiger partial charge in [0.25, 0.3) is 0 Å². The predicted molar refractivity (Wildman–Crippen MR) is 114 cm³/mol. The zero-order valence-corrected chi connectivity index (χ0v) is 16.9. The van der Waals surface area contributed by atoms with Gasteiger partial charge in [0.1, 0.15) is 5.58 Å². The monoisotopic (exact) mass is 386 g/mol. The van der Waals surface area contributed by atoms with Gasteiger partial charge in [-0.1, -0.05) is 26.0 Å². The first-order chi connectivity index (χ1) is 12.4. The molecule has 0 saturated heterocycles. The van der Waals surface area contributed by atoms with Gasteiger partial charge in [-0.05, 0) is 60.2 Å². The Bertz CT molecular complexity index is 914. The molecule has 27 heavy (non-hydrogen) atoms. The van der Waals surface area contributed by atoms with Gasteiger partial charge in [0.2, 0.25) is 5.91 Å². The van der Waals surface area contributed by atoms with Gasteiger partial charge in [-0.3, -0.25) is 4.79 Å². The minimum absolute atomic E-state index is 0. The maximum atomic E-state index is 12.3. The minimum Gasteiger partial charge on any atom is -0.464 e. The summed E-state index contributed by atoms with van der Waals surface area (Å²) in [6.45, 7) is 7.06. The van der Waals surface area contributed by atoms with Crippen molar-refractivity contribution in [3.05, 3.63) is 64.9 Å². The van der Waals surface area contributed by atoms with E-state index >= 15 is 0 Å². The lowest BCUT2D eigenvalue weighted by molar-refractivity contribution is -0.120. The summed E-state index contributed by atoms with van der Waals surface area (Å²) in [5, 5.41) is 4.02. The van der Waals surface area contributed by atoms with Gasteiger partial charge in [-0.2, -0.15) is 0 Å². The summed E-state index contributed by atoms with van der Waals surface area (Å²) in [7, 11) is 0. The van der Waals surface area contributed by atoms with Gasteiger partial charge in [0, 0.05) is 23.2 Å². The van der Waals surface area contributed by atoms with E-state index in [0.717, 1.165) is 34.2 Å². The summed E-state index contributed by atoms with van der Waals surface area (Å²) < 4.78 is 5.66. The number of carbonyl (C=O) groups is 1. The fraction of sp³-hybridized carbons (Fsp3) is 0.318. The molecule has 1 amide bonds. The number of furan rings is 1. The SMILES string of the molecule is Cc1cc2occ(CC(=O)NCCc3ccc(N)cc3)c2cc1C(C)C.Cl. The summed E-state index contributed by atoms with van der Waals surface area (Å²) in [5.74, 6) is 0.450. The third-order valence-corrected chi connectivity index (χ3v) is 4.73. The molecule has 1 heterocycles. The fourth-order valence-corrected chi connectivity index (χ4v) is 3.27. The molecule has 0 fully saturated rings. The highest BCUT2D eigenvalue weighted by Crippen LogP contribution is 2.29. The summed E-state index contributed by atoms with van der Waals surface area (Å²) >= 11 is 0. The first-order valence-corrected chi connectivity index (χ1v) is 9.05. The number of hydrogen-bond acceptors (Lipinski definition) is 3. The number of benzene rings is 2. The molecule has 0 bridgehead atoms. The molecule has 0 spiro atoms. The maximum absolute atomic E-state index is 12.3. The fourth-order valence-electron chi connectivity index (χ4n) is 3.27. The van der Waals surface area contributed by atoms with Crippen LogP contribution in [0.3, 0.4) is 0 Å². The van der Waals surface area contributed by atoms with Crippen molar-refractivity contribution in [2.24, 2.45) is 0 Å². The van der Waals surface area contributed by atoms with E-state index in [1.165, 1.54) is 11.1 Å². The summed E-state index contributed by atoms with van der Waals surface area (Å²) in [5.41, 5.74) is 11.9. The van der Waals surface area contributed by atoms with E-state index in [1.54, 1.807) is 6.26 Å². The van der Waals surface area contributed by atoms with Crippen molar-refractivity contribution in [2.75, 3.05) is 12.3 Å². The van der Waals surface area contributed by atoms with Crippen LogP contribution in [0.5, 0.6) is 0 Å². The molecule has 0 atom stereocenters. The Hall–Kier alpha value is -2.46. The number of anilines is 1. The summed E-state index contributed by atoms with van der Waals surface area (Å²) in [4.78, 5) is 12.3. The van der Waals surface area contributed by atoms with E-state index in [-0.39, 0.29) is 18.3 Å². The van der Waals surface area contributed by atoms with Crippen LogP contribution in [0.15, 0.2) is 47.1 Å². The molecule has 0 radical (unpaired) electrons. The molecule has 1 aromatic heterocycles. The molecule has 3 rings (SSSR count). The van der Waals surface area contributed by atoms with E-state index in [0.29, 0.717) is 18.9 Å². The van der Waals surface area contributed by atoms with Crippen LogP contribution in [-0.4, -0.2) is 12.5 Å². The Morgan fingerprint density at radius 2 is 1.89 bits per heavy atom. The van der Waals surface area contributed by atoms with E-state index in [4.69, 9.17) is 10.2 Å². The van der Waals surface area contributed by atoms with Crippen LogP contribution >= 0.6 is 12.4 Å². The topological polar surface area (TPSA) is 68.3 Å². The van der Waals surface area contributed by atoms with E-state index in [9.17, 15) is 4.79 Å². The predicted octanol–water partition coefficient (Wildman–Crippen LogP) is 4.77. The molecule has 2 aromatic carbocycles. The Morgan fingerprint density at radius 3 is 2.56 bits per heavy atom. The number of halogens is 1. The molecular formula is C22H27ClN2O2. The van der Waals surface area contributed by atoms with Crippen LogP contribution in [0.2, 0.25) is 0 Å². The molecule has 0 saturated carbocycles. The van der Waals surface area contributed by atoms with E-state index in [2.05, 4.69) is 38.2 Å². The number of carbonyl (C=O) groups excluding carboxylic acids is 1. The van der Waals surface area contributed by atoms with Gasteiger partial charge in [-0.25, -0.2) is 0 Å². The molecular weight excluding hydrogens is 360 g/mol. The summed E-state index contributed by atoms with van der Waals surface area (Å²) in [6.07, 6.45) is 2.82. The quantitative estimate of drug-likeness (QED) is 0.599. The van der Waals surface area contributed by atoms with Crippen molar-refractivity contribution in [2.45, 2.75) is 39.5 Å². The number of fused-ring (bicyclic) bond motifs is 1. The number of aryl methyl sites for hydroxylation is 1. The molecule has 0 aliphatic heterocycles. The van der Waals surface area contributed by atoms with E-state index in [1.807, 2.05) is 24.3 Å². The second kappa shape index (κ2) is 8.96. The van der Waals surface area contributed by atoms with Gasteiger partial charge >= 0.3 is 0 Å². The number of rotatable bonds is 6. The number of nitrogens with two attached hydrogens (primary N) is 1. The van der Waals surface area contributed by atoms with Crippen LogP contribution in [0.25, 0.3) is 11.0 Å². The van der Waals surface area contributed by atoms with Crippen molar-refractivity contribution in [1.82, 2.24) is 5.32 Å². The van der Waals surface area contributed by atoms with Crippen LogP contribution in [0, 0.1) is 6.92 Å². The second-order valence-corrected chi connectivity index (χ2v) is 7.14. The molecule has 5 heteroatoms. The van der Waals surface area contributed by atoms with Gasteiger partial charge in [-0.15, -0.1) is 12.4 Å². The molecule has 3 aromatic rings. The third-order valence-electron chi connectivity index (χ3n) is 4.73. The van der Waals surface area contributed by atoms with Crippen molar-refractivity contribution in [3.8, 4) is 0 Å². The van der Waals surface area contributed by atoms with Gasteiger partial charge in [0.15, 0.2) is 0 Å². The van der Waals surface area contributed by atoms with Crippen LogP contribution in [-0.2, 0) is 17.6 Å². The van der Waals surface area contributed by atoms with Gasteiger partial charge < -0.3 is 15.5 Å². The van der Waals surface area contributed by atoms with Crippen molar-refractivity contribution >= 4 is 35.0 Å². The lowest BCUT2D eigenvalue weighted by atomic mass is 9.95. The van der Waals surface area contributed by atoms with E-state index < -0.39 is 0 Å². The molecule has 4 nitrogen and oxygen atoms in total. The highest BCUT2D eigenvalue weighted by atomic mass is 35.5.